The number of fused-ring (bicyclic) bond motifs is 1. The summed E-state index contributed by atoms with van der Waals surface area (Å²) in [6, 6.07) is 16.4. The highest BCUT2D eigenvalue weighted by Gasteiger charge is 2.33. The second kappa shape index (κ2) is 7.82. The number of ether oxygens (including phenoxy) is 2. The van der Waals surface area contributed by atoms with E-state index in [4.69, 9.17) is 9.47 Å². The van der Waals surface area contributed by atoms with E-state index in [0.717, 1.165) is 11.1 Å². The predicted octanol–water partition coefficient (Wildman–Crippen LogP) is 2.02. The SMILES string of the molecule is C[C@@H](OC(=O)[C@H]1Cc2ccccc2C(=O)O1)C(=O)NCc1ccccc1. The molecule has 1 aliphatic rings. The summed E-state index contributed by atoms with van der Waals surface area (Å²) >= 11 is 0. The molecule has 0 saturated heterocycles. The van der Waals surface area contributed by atoms with Crippen LogP contribution in [0.15, 0.2) is 54.6 Å². The Bertz CT molecular complexity index is 818. The topological polar surface area (TPSA) is 81.7 Å². The lowest BCUT2D eigenvalue weighted by Crippen LogP contribution is -2.41. The van der Waals surface area contributed by atoms with Gasteiger partial charge in [-0.05, 0) is 24.1 Å². The molecule has 0 saturated carbocycles. The van der Waals surface area contributed by atoms with Crippen LogP contribution in [0.5, 0.6) is 0 Å². The number of carbonyl (C=O) groups excluding carboxylic acids is 3. The average Bonchev–Trinajstić information content (AvgIpc) is 2.66. The Labute approximate surface area is 151 Å². The predicted molar refractivity (Wildman–Crippen MR) is 93.2 cm³/mol. The second-order valence-electron chi connectivity index (χ2n) is 6.04. The number of hydrogen-bond donors (Lipinski definition) is 1. The van der Waals surface area contributed by atoms with Gasteiger partial charge >= 0.3 is 11.9 Å². The van der Waals surface area contributed by atoms with E-state index in [-0.39, 0.29) is 6.42 Å². The number of rotatable bonds is 5. The molecule has 134 valence electrons. The van der Waals surface area contributed by atoms with Gasteiger partial charge in [-0.1, -0.05) is 48.5 Å². The molecule has 0 aliphatic carbocycles. The third-order valence-corrected chi connectivity index (χ3v) is 4.13. The van der Waals surface area contributed by atoms with Crippen molar-refractivity contribution in [3.8, 4) is 0 Å². The van der Waals surface area contributed by atoms with Crippen LogP contribution in [0.2, 0.25) is 0 Å². The van der Waals surface area contributed by atoms with Crippen LogP contribution in [-0.2, 0) is 32.0 Å². The minimum Gasteiger partial charge on any atom is -0.450 e. The highest BCUT2D eigenvalue weighted by atomic mass is 16.6. The molecule has 0 fully saturated rings. The van der Waals surface area contributed by atoms with E-state index in [2.05, 4.69) is 5.32 Å². The normalized spacial score (nSPS) is 16.8. The average molecular weight is 353 g/mol. The maximum Gasteiger partial charge on any atom is 0.348 e. The van der Waals surface area contributed by atoms with E-state index in [1.165, 1.54) is 6.92 Å². The van der Waals surface area contributed by atoms with Gasteiger partial charge in [0.15, 0.2) is 6.10 Å². The van der Waals surface area contributed by atoms with Crippen LogP contribution in [0.25, 0.3) is 0 Å². The molecule has 1 aliphatic heterocycles. The van der Waals surface area contributed by atoms with Crippen LogP contribution in [-0.4, -0.2) is 30.1 Å². The van der Waals surface area contributed by atoms with Gasteiger partial charge in [0.2, 0.25) is 6.10 Å². The minimum atomic E-state index is -1.04. The molecule has 2 atom stereocenters. The molecule has 0 aromatic heterocycles. The highest BCUT2D eigenvalue weighted by Crippen LogP contribution is 2.21. The molecule has 0 bridgehead atoms. The number of carbonyl (C=O) groups is 3. The van der Waals surface area contributed by atoms with E-state index in [1.807, 2.05) is 30.3 Å². The molecule has 3 rings (SSSR count). The van der Waals surface area contributed by atoms with E-state index < -0.39 is 30.1 Å². The number of benzene rings is 2. The Kier molecular flexibility index (Phi) is 5.31. The van der Waals surface area contributed by atoms with Gasteiger partial charge in [0, 0.05) is 13.0 Å². The fraction of sp³-hybridized carbons (Fsp3) is 0.250. The molecule has 0 spiro atoms. The molecule has 1 N–H and O–H groups in total. The third-order valence-electron chi connectivity index (χ3n) is 4.13. The zero-order valence-electron chi connectivity index (χ0n) is 14.3. The first-order valence-corrected chi connectivity index (χ1v) is 8.35. The summed E-state index contributed by atoms with van der Waals surface area (Å²) in [6.07, 6.45) is -1.79. The van der Waals surface area contributed by atoms with Crippen molar-refractivity contribution in [1.29, 1.82) is 0 Å². The summed E-state index contributed by atoms with van der Waals surface area (Å²) in [5.74, 6) is -1.70. The van der Waals surface area contributed by atoms with E-state index in [9.17, 15) is 14.4 Å². The first-order valence-electron chi connectivity index (χ1n) is 8.35. The van der Waals surface area contributed by atoms with Crippen molar-refractivity contribution in [3.63, 3.8) is 0 Å². The Morgan fingerprint density at radius 2 is 1.85 bits per heavy atom. The first-order chi connectivity index (χ1) is 12.5. The van der Waals surface area contributed by atoms with Crippen molar-refractivity contribution >= 4 is 17.8 Å². The maximum absolute atomic E-state index is 12.3. The zero-order chi connectivity index (χ0) is 18.5. The number of amides is 1. The summed E-state index contributed by atoms with van der Waals surface area (Å²) in [5, 5.41) is 2.71. The van der Waals surface area contributed by atoms with Crippen LogP contribution in [0.1, 0.15) is 28.4 Å². The highest BCUT2D eigenvalue weighted by molar-refractivity contribution is 5.95. The van der Waals surface area contributed by atoms with Crippen LogP contribution in [0.4, 0.5) is 0 Å². The quantitative estimate of drug-likeness (QED) is 0.832. The number of hydrogen-bond acceptors (Lipinski definition) is 5. The fourth-order valence-corrected chi connectivity index (χ4v) is 2.70. The number of nitrogens with one attached hydrogen (secondary N) is 1. The molecule has 26 heavy (non-hydrogen) atoms. The van der Waals surface area contributed by atoms with Gasteiger partial charge in [-0.25, -0.2) is 9.59 Å². The van der Waals surface area contributed by atoms with E-state index in [1.54, 1.807) is 24.3 Å². The molecule has 6 nitrogen and oxygen atoms in total. The van der Waals surface area contributed by atoms with Crippen molar-refractivity contribution in [1.82, 2.24) is 5.32 Å². The van der Waals surface area contributed by atoms with Crippen molar-refractivity contribution in [2.75, 3.05) is 0 Å². The van der Waals surface area contributed by atoms with E-state index >= 15 is 0 Å². The molecule has 0 unspecified atom stereocenters. The zero-order valence-corrected chi connectivity index (χ0v) is 14.3. The Morgan fingerprint density at radius 1 is 1.15 bits per heavy atom. The third kappa shape index (κ3) is 4.08. The number of esters is 2. The van der Waals surface area contributed by atoms with Gasteiger partial charge in [0.1, 0.15) is 0 Å². The Balaban J connectivity index is 1.54. The fourth-order valence-electron chi connectivity index (χ4n) is 2.70. The molecule has 1 heterocycles. The lowest BCUT2D eigenvalue weighted by molar-refractivity contribution is -0.163. The Morgan fingerprint density at radius 3 is 2.62 bits per heavy atom. The van der Waals surface area contributed by atoms with Gasteiger partial charge in [-0.15, -0.1) is 0 Å². The van der Waals surface area contributed by atoms with Crippen molar-refractivity contribution in [2.45, 2.75) is 32.1 Å². The van der Waals surface area contributed by atoms with Crippen molar-refractivity contribution in [2.24, 2.45) is 0 Å². The van der Waals surface area contributed by atoms with Gasteiger partial charge < -0.3 is 14.8 Å². The monoisotopic (exact) mass is 353 g/mol. The minimum absolute atomic E-state index is 0.235. The largest absolute Gasteiger partial charge is 0.450 e. The smallest absolute Gasteiger partial charge is 0.348 e. The van der Waals surface area contributed by atoms with E-state index in [0.29, 0.717) is 12.1 Å². The maximum atomic E-state index is 12.3. The van der Waals surface area contributed by atoms with Gasteiger partial charge in [0.05, 0.1) is 5.56 Å². The Hall–Kier alpha value is -3.15. The lowest BCUT2D eigenvalue weighted by atomic mass is 9.99. The lowest BCUT2D eigenvalue weighted by Gasteiger charge is -2.24. The summed E-state index contributed by atoms with van der Waals surface area (Å²) in [6.45, 7) is 1.82. The van der Waals surface area contributed by atoms with Crippen LogP contribution >= 0.6 is 0 Å². The molecule has 0 radical (unpaired) electrons. The summed E-state index contributed by atoms with van der Waals surface area (Å²) in [4.78, 5) is 36.3. The van der Waals surface area contributed by atoms with Gasteiger partial charge in [0.25, 0.3) is 5.91 Å². The second-order valence-corrected chi connectivity index (χ2v) is 6.04. The van der Waals surface area contributed by atoms with Crippen molar-refractivity contribution < 1.29 is 23.9 Å². The summed E-state index contributed by atoms with van der Waals surface area (Å²) in [7, 11) is 0. The molecule has 6 heteroatoms. The van der Waals surface area contributed by atoms with Crippen LogP contribution in [0, 0.1) is 0 Å². The molecular formula is C20H19NO5. The van der Waals surface area contributed by atoms with Gasteiger partial charge in [-0.3, -0.25) is 4.79 Å². The summed E-state index contributed by atoms with van der Waals surface area (Å²) in [5.41, 5.74) is 2.12. The molecule has 2 aromatic rings. The van der Waals surface area contributed by atoms with Gasteiger partial charge in [-0.2, -0.15) is 0 Å². The van der Waals surface area contributed by atoms with Crippen LogP contribution < -0.4 is 5.32 Å². The standard InChI is InChI=1S/C20H19NO5/c1-13(18(22)21-12-14-7-3-2-4-8-14)25-20(24)17-11-15-9-5-6-10-16(15)19(23)26-17/h2-10,13,17H,11-12H2,1H3,(H,21,22)/t13-,17-/m1/s1. The van der Waals surface area contributed by atoms with Crippen LogP contribution in [0.3, 0.4) is 0 Å². The molecular weight excluding hydrogens is 334 g/mol. The first kappa shape index (κ1) is 17.7. The summed E-state index contributed by atoms with van der Waals surface area (Å²) < 4.78 is 10.3. The molecule has 2 aromatic carbocycles. The van der Waals surface area contributed by atoms with Crippen molar-refractivity contribution in [3.05, 3.63) is 71.3 Å². The number of cyclic esters (lactones) is 1. The molecule has 1 amide bonds.